The fourth-order valence-corrected chi connectivity index (χ4v) is 1.78. The van der Waals surface area contributed by atoms with Gasteiger partial charge in [-0.05, 0) is 17.5 Å². The third-order valence-corrected chi connectivity index (χ3v) is 2.52. The number of H-pyrrole nitrogens is 1. The summed E-state index contributed by atoms with van der Waals surface area (Å²) in [6, 6.07) is 3.46. The quantitative estimate of drug-likeness (QED) is 0.697. The van der Waals surface area contributed by atoms with E-state index in [4.69, 9.17) is 0 Å². The van der Waals surface area contributed by atoms with Gasteiger partial charge in [-0.2, -0.15) is 0 Å². The summed E-state index contributed by atoms with van der Waals surface area (Å²) in [5.74, 6) is 0.916. The molecular weight excluding hydrogens is 162 g/mol. The van der Waals surface area contributed by atoms with Crippen molar-refractivity contribution < 1.29 is 0 Å². The Morgan fingerprint density at radius 1 is 1.38 bits per heavy atom. The van der Waals surface area contributed by atoms with Gasteiger partial charge >= 0.3 is 0 Å². The van der Waals surface area contributed by atoms with Gasteiger partial charge in [0.05, 0.1) is 0 Å². The lowest BCUT2D eigenvalue weighted by molar-refractivity contribution is 0.572. The zero-order chi connectivity index (χ0) is 9.42. The van der Waals surface area contributed by atoms with Gasteiger partial charge in [0.15, 0.2) is 0 Å². The highest BCUT2D eigenvalue weighted by Crippen LogP contribution is 2.32. The summed E-state index contributed by atoms with van der Waals surface area (Å²) in [4.78, 5) is 14.0. The SMILES string of the molecule is CC(C)C1C=Cc2ccc(=O)[nH]c21. The number of hydrogen-bond acceptors (Lipinski definition) is 1. The molecule has 0 amide bonds. The minimum Gasteiger partial charge on any atom is -0.325 e. The molecule has 68 valence electrons. The van der Waals surface area contributed by atoms with Gasteiger partial charge in [-0.3, -0.25) is 4.79 Å². The van der Waals surface area contributed by atoms with Crippen molar-refractivity contribution in [1.29, 1.82) is 0 Å². The van der Waals surface area contributed by atoms with Gasteiger partial charge in [0.1, 0.15) is 0 Å². The number of hydrogen-bond donors (Lipinski definition) is 1. The molecule has 1 heterocycles. The van der Waals surface area contributed by atoms with E-state index in [1.54, 1.807) is 6.07 Å². The smallest absolute Gasteiger partial charge is 0.248 e. The average Bonchev–Trinajstić information content (AvgIpc) is 2.46. The molecule has 0 aromatic carbocycles. The number of nitrogens with one attached hydrogen (secondary N) is 1. The van der Waals surface area contributed by atoms with Crippen molar-refractivity contribution in [1.82, 2.24) is 4.98 Å². The Kier molecular flexibility index (Phi) is 1.83. The Labute approximate surface area is 77.3 Å². The van der Waals surface area contributed by atoms with Crippen molar-refractivity contribution in [2.45, 2.75) is 19.8 Å². The first-order valence-corrected chi connectivity index (χ1v) is 4.60. The zero-order valence-electron chi connectivity index (χ0n) is 7.87. The molecule has 2 heteroatoms. The van der Waals surface area contributed by atoms with E-state index in [1.165, 1.54) is 0 Å². The van der Waals surface area contributed by atoms with Crippen LogP contribution in [0, 0.1) is 5.92 Å². The lowest BCUT2D eigenvalue weighted by atomic mass is 9.94. The van der Waals surface area contributed by atoms with Gasteiger partial charge in [-0.25, -0.2) is 0 Å². The molecule has 0 aliphatic heterocycles. The topological polar surface area (TPSA) is 32.9 Å². The number of aromatic nitrogens is 1. The van der Waals surface area contributed by atoms with Crippen molar-refractivity contribution in [3.8, 4) is 0 Å². The molecule has 1 aromatic heterocycles. The van der Waals surface area contributed by atoms with Gasteiger partial charge in [-0.15, -0.1) is 0 Å². The monoisotopic (exact) mass is 175 g/mol. The van der Waals surface area contributed by atoms with Crippen molar-refractivity contribution in [2.75, 3.05) is 0 Å². The standard InChI is InChI=1S/C11H13NO/c1-7(2)9-5-3-8-4-6-10(13)12-11(8)9/h3-7,9H,1-2H3,(H,12,13). The lowest BCUT2D eigenvalue weighted by Crippen LogP contribution is -2.11. The van der Waals surface area contributed by atoms with Gasteiger partial charge in [0.2, 0.25) is 5.56 Å². The minimum atomic E-state index is -0.00639. The number of allylic oxidation sites excluding steroid dienone is 1. The van der Waals surface area contributed by atoms with Crippen LogP contribution in [0.25, 0.3) is 6.08 Å². The molecule has 13 heavy (non-hydrogen) atoms. The first kappa shape index (κ1) is 8.30. The normalized spacial score (nSPS) is 19.5. The van der Waals surface area contributed by atoms with Crippen molar-refractivity contribution in [2.24, 2.45) is 5.92 Å². The van der Waals surface area contributed by atoms with Crippen molar-refractivity contribution >= 4 is 6.08 Å². The van der Waals surface area contributed by atoms with Crippen LogP contribution in [0.4, 0.5) is 0 Å². The maximum absolute atomic E-state index is 11.1. The van der Waals surface area contributed by atoms with E-state index in [0.29, 0.717) is 11.8 Å². The maximum Gasteiger partial charge on any atom is 0.248 e. The van der Waals surface area contributed by atoms with E-state index in [9.17, 15) is 4.79 Å². The summed E-state index contributed by atoms with van der Waals surface area (Å²) in [7, 11) is 0. The van der Waals surface area contributed by atoms with Gasteiger partial charge < -0.3 is 4.98 Å². The third-order valence-electron chi connectivity index (χ3n) is 2.52. The predicted molar refractivity (Wildman–Crippen MR) is 53.7 cm³/mol. The molecule has 0 radical (unpaired) electrons. The highest BCUT2D eigenvalue weighted by Gasteiger charge is 2.20. The van der Waals surface area contributed by atoms with E-state index in [1.807, 2.05) is 6.07 Å². The van der Waals surface area contributed by atoms with E-state index in [0.717, 1.165) is 11.3 Å². The minimum absolute atomic E-state index is 0.00639. The third kappa shape index (κ3) is 1.32. The number of pyridine rings is 1. The largest absolute Gasteiger partial charge is 0.325 e. The van der Waals surface area contributed by atoms with Gasteiger partial charge in [0, 0.05) is 17.7 Å². The van der Waals surface area contributed by atoms with Crippen LogP contribution >= 0.6 is 0 Å². The Bertz CT molecular complexity index is 401. The van der Waals surface area contributed by atoms with E-state index in [-0.39, 0.29) is 5.56 Å². The highest BCUT2D eigenvalue weighted by atomic mass is 16.1. The molecule has 1 aromatic rings. The Morgan fingerprint density at radius 2 is 2.15 bits per heavy atom. The second-order valence-corrected chi connectivity index (χ2v) is 3.82. The molecule has 0 bridgehead atoms. The van der Waals surface area contributed by atoms with Crippen molar-refractivity contribution in [3.05, 3.63) is 39.8 Å². The molecule has 1 aliphatic rings. The molecule has 0 spiro atoms. The summed E-state index contributed by atoms with van der Waals surface area (Å²) < 4.78 is 0. The van der Waals surface area contributed by atoms with Crippen LogP contribution in [-0.4, -0.2) is 4.98 Å². The lowest BCUT2D eigenvalue weighted by Gasteiger charge is -2.13. The summed E-state index contributed by atoms with van der Waals surface area (Å²) in [5.41, 5.74) is 2.22. The van der Waals surface area contributed by atoms with Crippen LogP contribution < -0.4 is 5.56 Å². The zero-order valence-corrected chi connectivity index (χ0v) is 7.87. The molecule has 2 nitrogen and oxygen atoms in total. The van der Waals surface area contributed by atoms with Gasteiger partial charge in [0.25, 0.3) is 0 Å². The predicted octanol–water partition coefficient (Wildman–Crippen LogP) is 2.14. The van der Waals surface area contributed by atoms with Crippen LogP contribution in [0.3, 0.4) is 0 Å². The van der Waals surface area contributed by atoms with Crippen molar-refractivity contribution in [3.63, 3.8) is 0 Å². The Morgan fingerprint density at radius 3 is 2.85 bits per heavy atom. The number of fused-ring (bicyclic) bond motifs is 1. The first-order valence-electron chi connectivity index (χ1n) is 4.60. The van der Waals surface area contributed by atoms with E-state index in [2.05, 4.69) is 31.0 Å². The maximum atomic E-state index is 11.1. The molecule has 0 saturated heterocycles. The fourth-order valence-electron chi connectivity index (χ4n) is 1.78. The van der Waals surface area contributed by atoms with Crippen LogP contribution in [-0.2, 0) is 0 Å². The Hall–Kier alpha value is -1.31. The fraction of sp³-hybridized carbons (Fsp3) is 0.364. The average molecular weight is 175 g/mol. The molecule has 1 N–H and O–H groups in total. The molecule has 2 rings (SSSR count). The molecule has 0 fully saturated rings. The second kappa shape index (κ2) is 2.87. The van der Waals surface area contributed by atoms with Gasteiger partial charge in [-0.1, -0.05) is 26.0 Å². The molecule has 1 atom stereocenters. The molecule has 1 aliphatic carbocycles. The number of rotatable bonds is 1. The number of aromatic amines is 1. The summed E-state index contributed by atoms with van der Waals surface area (Å²) in [6.45, 7) is 4.32. The molecule has 1 unspecified atom stereocenters. The van der Waals surface area contributed by atoms with E-state index >= 15 is 0 Å². The molecular formula is C11H13NO. The van der Waals surface area contributed by atoms with Crippen LogP contribution in [0.2, 0.25) is 0 Å². The van der Waals surface area contributed by atoms with Crippen LogP contribution in [0.15, 0.2) is 23.0 Å². The molecule has 0 saturated carbocycles. The van der Waals surface area contributed by atoms with E-state index < -0.39 is 0 Å². The summed E-state index contributed by atoms with van der Waals surface area (Å²) in [6.07, 6.45) is 4.24. The second-order valence-electron chi connectivity index (χ2n) is 3.82. The van der Waals surface area contributed by atoms with Crippen LogP contribution in [0.5, 0.6) is 0 Å². The first-order chi connectivity index (χ1) is 6.18. The summed E-state index contributed by atoms with van der Waals surface area (Å²) in [5, 5.41) is 0. The summed E-state index contributed by atoms with van der Waals surface area (Å²) >= 11 is 0. The highest BCUT2D eigenvalue weighted by molar-refractivity contribution is 5.60. The Balaban J connectivity index is 2.51. The van der Waals surface area contributed by atoms with Crippen LogP contribution in [0.1, 0.15) is 31.0 Å².